The molecular formula is C19H21ClN2O2. The number of amides is 1. The first kappa shape index (κ1) is 16.9. The van der Waals surface area contributed by atoms with E-state index < -0.39 is 5.41 Å². The predicted molar refractivity (Wildman–Crippen MR) is 93.9 cm³/mol. The number of hydrogen-bond acceptors (Lipinski definition) is 3. The Morgan fingerprint density at radius 3 is 2.58 bits per heavy atom. The van der Waals surface area contributed by atoms with Gasteiger partial charge in [0.1, 0.15) is 0 Å². The number of aliphatic hydroxyl groups excluding tert-OH is 1. The van der Waals surface area contributed by atoms with Gasteiger partial charge in [-0.3, -0.25) is 9.78 Å². The van der Waals surface area contributed by atoms with E-state index in [0.717, 1.165) is 24.1 Å². The molecule has 2 aromatic rings. The van der Waals surface area contributed by atoms with Crippen molar-refractivity contribution in [2.45, 2.75) is 24.7 Å². The number of halogens is 1. The normalized spacial score (nSPS) is 16.4. The molecule has 5 heteroatoms. The number of pyridine rings is 1. The monoisotopic (exact) mass is 344 g/mol. The quantitative estimate of drug-likeness (QED) is 0.811. The minimum Gasteiger partial charge on any atom is -0.396 e. The zero-order valence-corrected chi connectivity index (χ0v) is 14.2. The highest BCUT2D eigenvalue weighted by Crippen LogP contribution is 2.48. The Morgan fingerprint density at radius 2 is 2.00 bits per heavy atom. The van der Waals surface area contributed by atoms with Crippen LogP contribution >= 0.6 is 11.6 Å². The van der Waals surface area contributed by atoms with Gasteiger partial charge in [0.15, 0.2) is 0 Å². The first-order valence-electron chi connectivity index (χ1n) is 8.19. The number of nitrogens with zero attached hydrogens (tertiary/aromatic N) is 1. The van der Waals surface area contributed by atoms with Gasteiger partial charge in [-0.1, -0.05) is 29.8 Å². The smallest absolute Gasteiger partial charge is 0.230 e. The zero-order valence-electron chi connectivity index (χ0n) is 13.4. The first-order chi connectivity index (χ1) is 11.6. The number of nitrogens with one attached hydrogen (secondary N) is 1. The molecule has 1 amide bonds. The molecule has 1 atom stereocenters. The van der Waals surface area contributed by atoms with Gasteiger partial charge in [-0.25, -0.2) is 0 Å². The van der Waals surface area contributed by atoms with Crippen LogP contribution in [-0.4, -0.2) is 29.1 Å². The maximum Gasteiger partial charge on any atom is 0.230 e. The zero-order chi connectivity index (χ0) is 17.0. The fourth-order valence-electron chi connectivity index (χ4n) is 2.96. The summed E-state index contributed by atoms with van der Waals surface area (Å²) < 4.78 is 0. The summed E-state index contributed by atoms with van der Waals surface area (Å²) in [5, 5.41) is 13.3. The third kappa shape index (κ3) is 3.77. The largest absolute Gasteiger partial charge is 0.396 e. The van der Waals surface area contributed by atoms with Gasteiger partial charge >= 0.3 is 0 Å². The maximum absolute atomic E-state index is 12.6. The summed E-state index contributed by atoms with van der Waals surface area (Å²) in [7, 11) is 0. The van der Waals surface area contributed by atoms with Crippen molar-refractivity contribution < 1.29 is 9.90 Å². The van der Waals surface area contributed by atoms with E-state index in [2.05, 4.69) is 10.3 Å². The molecule has 0 radical (unpaired) electrons. The molecule has 126 valence electrons. The van der Waals surface area contributed by atoms with E-state index in [-0.39, 0.29) is 18.4 Å². The van der Waals surface area contributed by atoms with Crippen molar-refractivity contribution in [3.63, 3.8) is 0 Å². The molecule has 1 fully saturated rings. The third-order valence-corrected chi connectivity index (χ3v) is 4.87. The Hall–Kier alpha value is -1.91. The molecule has 1 unspecified atom stereocenters. The maximum atomic E-state index is 12.6. The Kier molecular flexibility index (Phi) is 5.17. The molecule has 0 aliphatic heterocycles. The molecule has 1 saturated carbocycles. The average molecular weight is 345 g/mol. The van der Waals surface area contributed by atoms with Gasteiger partial charge in [0.25, 0.3) is 0 Å². The lowest BCUT2D eigenvalue weighted by molar-refractivity contribution is -0.123. The van der Waals surface area contributed by atoms with Crippen molar-refractivity contribution in [3.8, 4) is 0 Å². The number of carbonyl (C=O) groups excluding carboxylic acids is 1. The number of benzene rings is 1. The molecule has 1 heterocycles. The topological polar surface area (TPSA) is 62.2 Å². The van der Waals surface area contributed by atoms with Crippen LogP contribution in [0.3, 0.4) is 0 Å². The summed E-state index contributed by atoms with van der Waals surface area (Å²) in [6.45, 7) is 0.464. The fourth-order valence-corrected chi connectivity index (χ4v) is 3.09. The van der Waals surface area contributed by atoms with Crippen molar-refractivity contribution >= 4 is 17.5 Å². The van der Waals surface area contributed by atoms with Crippen LogP contribution in [0.15, 0.2) is 48.7 Å². The van der Waals surface area contributed by atoms with Gasteiger partial charge in [0, 0.05) is 36.0 Å². The van der Waals surface area contributed by atoms with Crippen LogP contribution in [0.5, 0.6) is 0 Å². The lowest BCUT2D eigenvalue weighted by atomic mass is 9.94. The second kappa shape index (κ2) is 7.32. The molecule has 1 aliphatic carbocycles. The van der Waals surface area contributed by atoms with Gasteiger partial charge in [-0.2, -0.15) is 0 Å². The highest BCUT2D eigenvalue weighted by molar-refractivity contribution is 6.30. The Labute approximate surface area is 146 Å². The fraction of sp³-hybridized carbons (Fsp3) is 0.368. The Balaban J connectivity index is 1.59. The molecule has 24 heavy (non-hydrogen) atoms. The Bertz CT molecular complexity index is 684. The molecule has 4 nitrogen and oxygen atoms in total. The highest BCUT2D eigenvalue weighted by atomic mass is 35.5. The molecular weight excluding hydrogens is 324 g/mol. The third-order valence-electron chi connectivity index (χ3n) is 4.61. The minimum absolute atomic E-state index is 0.0187. The SMILES string of the molecule is O=C(NCC(CO)Cc1ccccn1)C1(c2ccc(Cl)cc2)CC1. The molecule has 0 saturated heterocycles. The van der Waals surface area contributed by atoms with Gasteiger partial charge in [-0.05, 0) is 49.1 Å². The van der Waals surface area contributed by atoms with Crippen LogP contribution in [-0.2, 0) is 16.6 Å². The van der Waals surface area contributed by atoms with Crippen molar-refractivity contribution in [2.75, 3.05) is 13.2 Å². The number of aromatic nitrogens is 1. The van der Waals surface area contributed by atoms with Crippen LogP contribution in [0.1, 0.15) is 24.1 Å². The summed E-state index contributed by atoms with van der Waals surface area (Å²) >= 11 is 5.93. The summed E-state index contributed by atoms with van der Waals surface area (Å²) in [5.74, 6) is -0.00541. The molecule has 1 aliphatic rings. The summed E-state index contributed by atoms with van der Waals surface area (Å²) in [4.78, 5) is 16.9. The van der Waals surface area contributed by atoms with Gasteiger partial charge in [0.2, 0.25) is 5.91 Å². The standard InChI is InChI=1S/C19H21ClN2O2/c20-16-6-4-15(5-7-16)19(8-9-19)18(24)22-12-14(13-23)11-17-3-1-2-10-21-17/h1-7,10,14,23H,8-9,11-13H2,(H,22,24). The van der Waals surface area contributed by atoms with E-state index in [1.807, 2.05) is 42.5 Å². The van der Waals surface area contributed by atoms with E-state index in [4.69, 9.17) is 11.6 Å². The van der Waals surface area contributed by atoms with E-state index in [1.165, 1.54) is 0 Å². The van der Waals surface area contributed by atoms with Crippen molar-refractivity contribution in [1.29, 1.82) is 0 Å². The van der Waals surface area contributed by atoms with Crippen LogP contribution in [0, 0.1) is 5.92 Å². The van der Waals surface area contributed by atoms with Crippen LogP contribution in [0.4, 0.5) is 0 Å². The van der Waals surface area contributed by atoms with E-state index in [9.17, 15) is 9.90 Å². The van der Waals surface area contributed by atoms with Gasteiger partial charge in [0.05, 0.1) is 5.41 Å². The highest BCUT2D eigenvalue weighted by Gasteiger charge is 2.51. The van der Waals surface area contributed by atoms with E-state index in [0.29, 0.717) is 18.0 Å². The number of carbonyl (C=O) groups is 1. The van der Waals surface area contributed by atoms with Crippen LogP contribution < -0.4 is 5.32 Å². The molecule has 2 N–H and O–H groups in total. The summed E-state index contributed by atoms with van der Waals surface area (Å²) in [6, 6.07) is 13.2. The number of hydrogen-bond donors (Lipinski definition) is 2. The number of rotatable bonds is 7. The first-order valence-corrected chi connectivity index (χ1v) is 8.57. The molecule has 1 aromatic carbocycles. The summed E-state index contributed by atoms with van der Waals surface area (Å²) in [5.41, 5.74) is 1.51. The van der Waals surface area contributed by atoms with Crippen LogP contribution in [0.25, 0.3) is 0 Å². The lowest BCUT2D eigenvalue weighted by Gasteiger charge is -2.19. The Morgan fingerprint density at radius 1 is 1.25 bits per heavy atom. The molecule has 0 spiro atoms. The molecule has 1 aromatic heterocycles. The lowest BCUT2D eigenvalue weighted by Crippen LogP contribution is -2.39. The van der Waals surface area contributed by atoms with Crippen molar-refractivity contribution in [1.82, 2.24) is 10.3 Å². The van der Waals surface area contributed by atoms with E-state index >= 15 is 0 Å². The van der Waals surface area contributed by atoms with Crippen LogP contribution in [0.2, 0.25) is 5.02 Å². The van der Waals surface area contributed by atoms with Crippen molar-refractivity contribution in [2.24, 2.45) is 5.92 Å². The van der Waals surface area contributed by atoms with Crippen molar-refractivity contribution in [3.05, 3.63) is 64.9 Å². The second-order valence-corrected chi connectivity index (χ2v) is 6.81. The molecule has 0 bridgehead atoms. The average Bonchev–Trinajstić information content (AvgIpc) is 3.41. The second-order valence-electron chi connectivity index (χ2n) is 6.37. The predicted octanol–water partition coefficient (Wildman–Crippen LogP) is 2.73. The molecule has 3 rings (SSSR count). The minimum atomic E-state index is -0.421. The van der Waals surface area contributed by atoms with E-state index in [1.54, 1.807) is 6.20 Å². The summed E-state index contributed by atoms with van der Waals surface area (Å²) in [6.07, 6.45) is 4.09. The van der Waals surface area contributed by atoms with Gasteiger partial charge < -0.3 is 10.4 Å². The number of aliphatic hydroxyl groups is 1. The van der Waals surface area contributed by atoms with Gasteiger partial charge in [-0.15, -0.1) is 0 Å².